The molecular weight excluding hydrogens is 361 g/mol. The summed E-state index contributed by atoms with van der Waals surface area (Å²) < 4.78 is 47.6. The molecule has 1 fully saturated rings. The van der Waals surface area contributed by atoms with Crippen LogP contribution in [0.5, 0.6) is 5.75 Å². The molecule has 0 unspecified atom stereocenters. The topological polar surface area (TPSA) is 9.23 Å². The van der Waals surface area contributed by atoms with Crippen molar-refractivity contribution in [3.8, 4) is 5.75 Å². The molecule has 0 radical (unpaired) electrons. The van der Waals surface area contributed by atoms with Gasteiger partial charge in [0.1, 0.15) is 5.82 Å². The summed E-state index contributed by atoms with van der Waals surface area (Å²) in [4.78, 5) is 0. The third-order valence-electron chi connectivity index (χ3n) is 5.79. The quantitative estimate of drug-likeness (QED) is 0.494. The van der Waals surface area contributed by atoms with E-state index in [-0.39, 0.29) is 17.5 Å². The predicted octanol–water partition coefficient (Wildman–Crippen LogP) is 7.05. The predicted molar refractivity (Wildman–Crippen MR) is 107 cm³/mol. The Morgan fingerprint density at radius 2 is 1.79 bits per heavy atom. The van der Waals surface area contributed by atoms with Gasteiger partial charge >= 0.3 is 0 Å². The molecule has 0 N–H and O–H groups in total. The highest BCUT2D eigenvalue weighted by Crippen LogP contribution is 2.40. The van der Waals surface area contributed by atoms with Crippen molar-refractivity contribution in [2.24, 2.45) is 5.92 Å². The van der Waals surface area contributed by atoms with E-state index < -0.39 is 11.6 Å². The molecule has 0 amide bonds. The molecule has 2 aromatic rings. The Bertz CT molecular complexity index is 823. The smallest absolute Gasteiger partial charge is 0.200 e. The lowest BCUT2D eigenvalue weighted by Gasteiger charge is -2.29. The van der Waals surface area contributed by atoms with Crippen LogP contribution in [-0.4, -0.2) is 6.61 Å². The van der Waals surface area contributed by atoms with E-state index in [9.17, 15) is 13.2 Å². The average Bonchev–Trinajstić information content (AvgIpc) is 2.71. The first-order valence-electron chi connectivity index (χ1n) is 10.0. The van der Waals surface area contributed by atoms with Crippen molar-refractivity contribution < 1.29 is 17.9 Å². The fourth-order valence-electron chi connectivity index (χ4n) is 4.15. The van der Waals surface area contributed by atoms with Gasteiger partial charge in [0.15, 0.2) is 11.6 Å². The van der Waals surface area contributed by atoms with Gasteiger partial charge in [-0.2, -0.15) is 4.39 Å². The van der Waals surface area contributed by atoms with Crippen molar-refractivity contribution in [3.05, 3.63) is 71.1 Å². The van der Waals surface area contributed by atoms with Crippen LogP contribution in [-0.2, 0) is 6.42 Å². The van der Waals surface area contributed by atoms with Crippen molar-refractivity contribution in [2.45, 2.75) is 51.4 Å². The van der Waals surface area contributed by atoms with Gasteiger partial charge < -0.3 is 4.74 Å². The van der Waals surface area contributed by atoms with Crippen LogP contribution in [0.2, 0.25) is 0 Å². The number of benzene rings is 2. The van der Waals surface area contributed by atoms with Gasteiger partial charge in [0.05, 0.1) is 6.61 Å². The first-order chi connectivity index (χ1) is 13.5. The summed E-state index contributed by atoms with van der Waals surface area (Å²) >= 11 is 0. The number of aryl methyl sites for hydroxylation is 1. The van der Waals surface area contributed by atoms with E-state index >= 15 is 0 Å². The normalized spacial score (nSPS) is 19.4. The van der Waals surface area contributed by atoms with E-state index in [2.05, 4.69) is 6.58 Å². The minimum absolute atomic E-state index is 0.0212. The van der Waals surface area contributed by atoms with E-state index in [1.807, 2.05) is 6.07 Å². The summed E-state index contributed by atoms with van der Waals surface area (Å²) in [6.45, 7) is 5.65. The first kappa shape index (κ1) is 20.5. The second kappa shape index (κ2) is 9.31. The molecule has 0 heterocycles. The van der Waals surface area contributed by atoms with Crippen LogP contribution in [0.1, 0.15) is 61.6 Å². The van der Waals surface area contributed by atoms with E-state index in [0.717, 1.165) is 44.1 Å². The zero-order chi connectivity index (χ0) is 20.1. The van der Waals surface area contributed by atoms with E-state index in [1.165, 1.54) is 12.1 Å². The number of halogens is 3. The average molecular weight is 388 g/mol. The molecule has 4 heteroatoms. The van der Waals surface area contributed by atoms with Crippen LogP contribution >= 0.6 is 0 Å². The summed E-state index contributed by atoms with van der Waals surface area (Å²) in [5, 5.41) is 0. The molecule has 0 spiro atoms. The van der Waals surface area contributed by atoms with Crippen LogP contribution in [0.3, 0.4) is 0 Å². The molecule has 0 saturated heterocycles. The van der Waals surface area contributed by atoms with E-state index in [0.29, 0.717) is 23.7 Å². The van der Waals surface area contributed by atoms with Crippen molar-refractivity contribution in [3.63, 3.8) is 0 Å². The maximum Gasteiger partial charge on any atom is 0.200 e. The molecule has 0 atom stereocenters. The second-order valence-electron chi connectivity index (χ2n) is 7.53. The summed E-state index contributed by atoms with van der Waals surface area (Å²) in [6, 6.07) is 8.49. The van der Waals surface area contributed by atoms with Gasteiger partial charge in [-0.15, -0.1) is 0 Å². The lowest BCUT2D eigenvalue weighted by atomic mass is 9.76. The maximum absolute atomic E-state index is 14.4. The third-order valence-corrected chi connectivity index (χ3v) is 5.79. The number of hydrogen-bond acceptors (Lipinski definition) is 1. The number of hydrogen-bond donors (Lipinski definition) is 0. The van der Waals surface area contributed by atoms with Crippen LogP contribution in [0, 0.1) is 23.4 Å². The highest BCUT2D eigenvalue weighted by molar-refractivity contribution is 5.48. The molecular formula is C24H27F3O. The first-order valence-corrected chi connectivity index (χ1v) is 10.0. The lowest BCUT2D eigenvalue weighted by Crippen LogP contribution is -2.15. The molecule has 1 saturated carbocycles. The zero-order valence-corrected chi connectivity index (χ0v) is 16.3. The van der Waals surface area contributed by atoms with Crippen molar-refractivity contribution in [1.29, 1.82) is 0 Å². The second-order valence-corrected chi connectivity index (χ2v) is 7.53. The molecule has 3 rings (SSSR count). The molecule has 1 aliphatic rings. The molecule has 0 aromatic heterocycles. The molecule has 0 aliphatic heterocycles. The van der Waals surface area contributed by atoms with Crippen LogP contribution in [0.25, 0.3) is 6.08 Å². The Morgan fingerprint density at radius 1 is 1.04 bits per heavy atom. The van der Waals surface area contributed by atoms with Gasteiger partial charge in [-0.25, -0.2) is 8.78 Å². The summed E-state index contributed by atoms with van der Waals surface area (Å²) in [5.74, 6) is -1.32. The Labute approximate surface area is 165 Å². The van der Waals surface area contributed by atoms with Gasteiger partial charge in [-0.1, -0.05) is 30.9 Å². The molecule has 1 aliphatic carbocycles. The number of ether oxygens (including phenoxy) is 1. The van der Waals surface area contributed by atoms with Gasteiger partial charge in [-0.05, 0) is 80.5 Å². The van der Waals surface area contributed by atoms with Crippen LogP contribution in [0.4, 0.5) is 13.2 Å². The summed E-state index contributed by atoms with van der Waals surface area (Å²) in [7, 11) is 0. The summed E-state index contributed by atoms with van der Waals surface area (Å²) in [5.41, 5.74) is 1.97. The Kier molecular flexibility index (Phi) is 6.82. The Balaban J connectivity index is 1.55. The maximum atomic E-state index is 14.4. The number of rotatable bonds is 7. The standard InChI is InChI=1S/C24H27F3O/c1-3-18-10-9-17(15-21(18)25)6-5-16-7-11-19(12-8-16)20-13-14-22(28-4-2)24(27)23(20)26/h3,9-10,13-16,19H,1,4-8,11-12H2,2H3. The fourth-order valence-corrected chi connectivity index (χ4v) is 4.15. The van der Waals surface area contributed by atoms with Gasteiger partial charge in [-0.3, -0.25) is 0 Å². The van der Waals surface area contributed by atoms with Gasteiger partial charge in [0, 0.05) is 5.56 Å². The van der Waals surface area contributed by atoms with Gasteiger partial charge in [0.25, 0.3) is 0 Å². The fraction of sp³-hybridized carbons (Fsp3) is 0.417. The Morgan fingerprint density at radius 3 is 2.43 bits per heavy atom. The highest BCUT2D eigenvalue weighted by Gasteiger charge is 2.26. The Hall–Kier alpha value is -2.23. The van der Waals surface area contributed by atoms with Crippen LogP contribution in [0.15, 0.2) is 36.9 Å². The third kappa shape index (κ3) is 4.60. The minimum atomic E-state index is -0.883. The summed E-state index contributed by atoms with van der Waals surface area (Å²) in [6.07, 6.45) is 6.98. The van der Waals surface area contributed by atoms with Crippen molar-refractivity contribution in [1.82, 2.24) is 0 Å². The highest BCUT2D eigenvalue weighted by atomic mass is 19.2. The monoisotopic (exact) mass is 388 g/mol. The van der Waals surface area contributed by atoms with Crippen molar-refractivity contribution in [2.75, 3.05) is 6.61 Å². The minimum Gasteiger partial charge on any atom is -0.491 e. The largest absolute Gasteiger partial charge is 0.491 e. The van der Waals surface area contributed by atoms with E-state index in [4.69, 9.17) is 4.74 Å². The molecule has 2 aromatic carbocycles. The molecule has 1 nitrogen and oxygen atoms in total. The zero-order valence-electron chi connectivity index (χ0n) is 16.3. The lowest BCUT2D eigenvalue weighted by molar-refractivity contribution is 0.297. The van der Waals surface area contributed by atoms with Crippen LogP contribution < -0.4 is 4.74 Å². The molecule has 0 bridgehead atoms. The molecule has 150 valence electrons. The van der Waals surface area contributed by atoms with Gasteiger partial charge in [0.2, 0.25) is 5.82 Å². The van der Waals surface area contributed by atoms with E-state index in [1.54, 1.807) is 25.1 Å². The SMILES string of the molecule is C=Cc1ccc(CCC2CCC(c3ccc(OCC)c(F)c3F)CC2)cc1F. The van der Waals surface area contributed by atoms with Crippen molar-refractivity contribution >= 4 is 6.08 Å². The molecule has 28 heavy (non-hydrogen) atoms.